The van der Waals surface area contributed by atoms with Crippen molar-refractivity contribution in [2.75, 3.05) is 17.3 Å². The molecule has 6 heteroatoms. The van der Waals surface area contributed by atoms with Crippen LogP contribution in [0, 0.1) is 0 Å². The predicted molar refractivity (Wildman–Crippen MR) is 97.6 cm³/mol. The maximum Gasteiger partial charge on any atom is 0.258 e. The van der Waals surface area contributed by atoms with Crippen molar-refractivity contribution >= 4 is 21.4 Å². The Bertz CT molecular complexity index is 873. The first-order chi connectivity index (χ1) is 12.0. The monoisotopic (exact) mass is 357 g/mol. The fourth-order valence-electron chi connectivity index (χ4n) is 2.77. The second-order valence-corrected chi connectivity index (χ2v) is 7.62. The van der Waals surface area contributed by atoms with Gasteiger partial charge in [-0.2, -0.15) is 0 Å². The van der Waals surface area contributed by atoms with Crippen LogP contribution in [-0.2, 0) is 9.84 Å². The molecule has 1 amide bonds. The normalized spacial score (nSPS) is 18.0. The zero-order valence-electron chi connectivity index (χ0n) is 13.8. The molecule has 0 radical (unpaired) electrons. The molecule has 2 aromatic rings. The fourth-order valence-corrected chi connectivity index (χ4v) is 4.04. The Morgan fingerprint density at radius 2 is 1.80 bits per heavy atom. The summed E-state index contributed by atoms with van der Waals surface area (Å²) in [6.45, 7) is 2.45. The van der Waals surface area contributed by atoms with Gasteiger partial charge in [-0.3, -0.25) is 4.79 Å². The zero-order valence-corrected chi connectivity index (χ0v) is 14.6. The summed E-state index contributed by atoms with van der Waals surface area (Å²) in [5.41, 5.74) is 1.14. The summed E-state index contributed by atoms with van der Waals surface area (Å²) in [6.07, 6.45) is 1.56. The van der Waals surface area contributed by atoms with Gasteiger partial charge in [0, 0.05) is 16.7 Å². The van der Waals surface area contributed by atoms with E-state index in [1.165, 1.54) is 10.3 Å². The third-order valence-corrected chi connectivity index (χ3v) is 5.29. The molecule has 1 aliphatic rings. The predicted octanol–water partition coefficient (Wildman–Crippen LogP) is 3.04. The summed E-state index contributed by atoms with van der Waals surface area (Å²) < 4.78 is 29.1. The van der Waals surface area contributed by atoms with Crippen LogP contribution in [0.3, 0.4) is 0 Å². The van der Waals surface area contributed by atoms with E-state index in [0.717, 1.165) is 0 Å². The van der Waals surface area contributed by atoms with E-state index in [-0.39, 0.29) is 11.7 Å². The molecule has 0 unspecified atom stereocenters. The number of benzene rings is 2. The van der Waals surface area contributed by atoms with Crippen LogP contribution >= 0.6 is 0 Å². The molecule has 130 valence electrons. The lowest BCUT2D eigenvalue weighted by Crippen LogP contribution is -2.41. The lowest BCUT2D eigenvalue weighted by molar-refractivity contribution is 0.0983. The van der Waals surface area contributed by atoms with Gasteiger partial charge in [0.05, 0.1) is 18.4 Å². The largest absolute Gasteiger partial charge is 0.494 e. The smallest absolute Gasteiger partial charge is 0.258 e. The minimum absolute atomic E-state index is 0.112. The molecule has 0 bridgehead atoms. The van der Waals surface area contributed by atoms with Gasteiger partial charge in [0.25, 0.3) is 5.91 Å². The van der Waals surface area contributed by atoms with Crippen molar-refractivity contribution in [1.29, 1.82) is 0 Å². The minimum atomic E-state index is -3.28. The number of anilines is 1. The third-order valence-electron chi connectivity index (χ3n) is 3.91. The van der Waals surface area contributed by atoms with Gasteiger partial charge < -0.3 is 9.64 Å². The molecule has 0 aromatic heterocycles. The molecule has 3 rings (SSSR count). The average molecular weight is 357 g/mol. The van der Waals surface area contributed by atoms with Crippen LogP contribution in [0.2, 0.25) is 0 Å². The van der Waals surface area contributed by atoms with Crippen LogP contribution in [0.5, 0.6) is 5.75 Å². The molecule has 1 aliphatic heterocycles. The summed E-state index contributed by atoms with van der Waals surface area (Å²) in [4.78, 5) is 14.5. The number of amides is 1. The molecule has 0 fully saturated rings. The van der Waals surface area contributed by atoms with E-state index in [1.54, 1.807) is 54.6 Å². The fraction of sp³-hybridized carbons (Fsp3) is 0.211. The van der Waals surface area contributed by atoms with Crippen molar-refractivity contribution in [2.45, 2.75) is 13.0 Å². The van der Waals surface area contributed by atoms with Crippen LogP contribution in [0.15, 0.2) is 66.1 Å². The first-order valence-electron chi connectivity index (χ1n) is 8.02. The Morgan fingerprint density at radius 1 is 1.12 bits per heavy atom. The van der Waals surface area contributed by atoms with Gasteiger partial charge in [0.1, 0.15) is 5.75 Å². The van der Waals surface area contributed by atoms with Crippen molar-refractivity contribution in [2.24, 2.45) is 0 Å². The van der Waals surface area contributed by atoms with E-state index in [0.29, 0.717) is 23.6 Å². The Morgan fingerprint density at radius 3 is 2.36 bits per heavy atom. The number of hydrogen-bond donors (Lipinski definition) is 0. The van der Waals surface area contributed by atoms with Crippen LogP contribution in [0.25, 0.3) is 0 Å². The van der Waals surface area contributed by atoms with Crippen molar-refractivity contribution in [3.8, 4) is 5.75 Å². The number of sulfone groups is 1. The topological polar surface area (TPSA) is 63.7 Å². The second kappa shape index (κ2) is 7.11. The number of carbonyl (C=O) groups excluding carboxylic acids is 1. The molecule has 0 N–H and O–H groups in total. The van der Waals surface area contributed by atoms with E-state index >= 15 is 0 Å². The van der Waals surface area contributed by atoms with Crippen LogP contribution < -0.4 is 9.64 Å². The van der Waals surface area contributed by atoms with Crippen LogP contribution in [-0.4, -0.2) is 32.7 Å². The highest BCUT2D eigenvalue weighted by atomic mass is 32.2. The van der Waals surface area contributed by atoms with Gasteiger partial charge in [0.2, 0.25) is 0 Å². The summed E-state index contributed by atoms with van der Waals surface area (Å²) in [6, 6.07) is 15.4. The lowest BCUT2D eigenvalue weighted by atomic mass is 10.1. The molecular weight excluding hydrogens is 338 g/mol. The Hall–Kier alpha value is -2.60. The second-order valence-electron chi connectivity index (χ2n) is 5.69. The SMILES string of the molecule is CCOc1ccc(N(C(=O)c2ccccc2)[C@H]2C=CS(=O)(=O)C2)cc1. The molecule has 1 heterocycles. The maximum atomic E-state index is 13.0. The highest BCUT2D eigenvalue weighted by Gasteiger charge is 2.31. The molecular formula is C19H19NO4S. The van der Waals surface area contributed by atoms with E-state index in [2.05, 4.69) is 0 Å². The lowest BCUT2D eigenvalue weighted by Gasteiger charge is -2.28. The van der Waals surface area contributed by atoms with Crippen molar-refractivity contribution in [1.82, 2.24) is 0 Å². The van der Waals surface area contributed by atoms with E-state index < -0.39 is 15.9 Å². The van der Waals surface area contributed by atoms with Gasteiger partial charge in [-0.25, -0.2) is 8.42 Å². The van der Waals surface area contributed by atoms with Crippen LogP contribution in [0.1, 0.15) is 17.3 Å². The van der Waals surface area contributed by atoms with Gasteiger partial charge in [-0.15, -0.1) is 0 Å². The first kappa shape index (κ1) is 17.2. The van der Waals surface area contributed by atoms with Crippen molar-refractivity contribution < 1.29 is 17.9 Å². The number of hydrogen-bond acceptors (Lipinski definition) is 4. The van der Waals surface area contributed by atoms with Crippen molar-refractivity contribution in [3.05, 3.63) is 71.6 Å². The molecule has 5 nitrogen and oxygen atoms in total. The number of carbonyl (C=O) groups is 1. The maximum absolute atomic E-state index is 13.0. The summed E-state index contributed by atoms with van der Waals surface area (Å²) in [5, 5.41) is 1.18. The molecule has 0 aliphatic carbocycles. The highest BCUT2D eigenvalue weighted by Crippen LogP contribution is 2.27. The molecule has 0 saturated heterocycles. The van der Waals surface area contributed by atoms with E-state index in [1.807, 2.05) is 13.0 Å². The van der Waals surface area contributed by atoms with Gasteiger partial charge >= 0.3 is 0 Å². The van der Waals surface area contributed by atoms with Gasteiger partial charge in [0.15, 0.2) is 9.84 Å². The molecule has 0 spiro atoms. The first-order valence-corrected chi connectivity index (χ1v) is 9.74. The molecule has 0 saturated carbocycles. The Kier molecular flexibility index (Phi) is 4.90. The standard InChI is InChI=1S/C19H19NO4S/c1-2-24-18-10-8-16(9-11-18)20(17-12-13-25(22,23)14-17)19(21)15-6-4-3-5-7-15/h3-13,17H,2,14H2,1H3/t17-/m0/s1. The average Bonchev–Trinajstić information content (AvgIpc) is 2.97. The highest BCUT2D eigenvalue weighted by molar-refractivity contribution is 7.94. The Balaban J connectivity index is 1.97. The summed E-state index contributed by atoms with van der Waals surface area (Å²) in [7, 11) is -3.28. The molecule has 1 atom stereocenters. The summed E-state index contributed by atoms with van der Waals surface area (Å²) >= 11 is 0. The van der Waals surface area contributed by atoms with Crippen molar-refractivity contribution in [3.63, 3.8) is 0 Å². The zero-order chi connectivity index (χ0) is 17.9. The van der Waals surface area contributed by atoms with Gasteiger partial charge in [-0.05, 0) is 49.4 Å². The number of rotatable bonds is 5. The molecule has 25 heavy (non-hydrogen) atoms. The number of nitrogens with zero attached hydrogens (tertiary/aromatic N) is 1. The summed E-state index contributed by atoms with van der Waals surface area (Å²) in [5.74, 6) is 0.350. The Labute approximate surface area is 147 Å². The minimum Gasteiger partial charge on any atom is -0.494 e. The van der Waals surface area contributed by atoms with E-state index in [9.17, 15) is 13.2 Å². The van der Waals surface area contributed by atoms with E-state index in [4.69, 9.17) is 4.74 Å². The third kappa shape index (κ3) is 3.91. The van der Waals surface area contributed by atoms with Crippen LogP contribution in [0.4, 0.5) is 5.69 Å². The number of ether oxygens (including phenoxy) is 1. The molecule has 2 aromatic carbocycles. The van der Waals surface area contributed by atoms with Gasteiger partial charge in [-0.1, -0.05) is 18.2 Å². The quantitative estimate of drug-likeness (QED) is 0.825.